The van der Waals surface area contributed by atoms with Gasteiger partial charge < -0.3 is 10.2 Å². The maximum absolute atomic E-state index is 12.7. The highest BCUT2D eigenvalue weighted by molar-refractivity contribution is 5.82. The minimum Gasteiger partial charge on any atom is -0.344 e. The fourth-order valence-electron chi connectivity index (χ4n) is 3.50. The third-order valence-corrected chi connectivity index (χ3v) is 5.00. The molecule has 0 radical (unpaired) electrons. The first-order chi connectivity index (χ1) is 9.18. The van der Waals surface area contributed by atoms with E-state index in [1.165, 1.54) is 12.8 Å². The Balaban J connectivity index is 1.81. The number of hydrogen-bond acceptors (Lipinski definition) is 3. The Hall–Kier alpha value is -0.610. The summed E-state index contributed by atoms with van der Waals surface area (Å²) in [6, 6.07) is 0. The molecule has 1 heterocycles. The first-order valence-electron chi connectivity index (χ1n) is 7.86. The lowest BCUT2D eigenvalue weighted by molar-refractivity contribution is -0.141. The van der Waals surface area contributed by atoms with Crippen LogP contribution in [-0.2, 0) is 4.79 Å². The maximum atomic E-state index is 12.7. The summed E-state index contributed by atoms with van der Waals surface area (Å²) in [5.74, 6) is 0.391. The summed E-state index contributed by atoms with van der Waals surface area (Å²) in [4.78, 5) is 17.1. The lowest BCUT2D eigenvalue weighted by Crippen LogP contribution is -2.48. The molecule has 0 spiro atoms. The van der Waals surface area contributed by atoms with Crippen molar-refractivity contribution in [2.75, 3.05) is 46.3 Å². The van der Waals surface area contributed by atoms with E-state index in [2.05, 4.69) is 17.1 Å². The van der Waals surface area contributed by atoms with E-state index in [1.807, 2.05) is 11.9 Å². The standard InChI is InChI=1S/C15H29N3O/c1-3-15(6-4-5-7-15)14(19)17(2)12-13-18-10-8-16-9-11-18/h16H,3-13H2,1-2H3. The van der Waals surface area contributed by atoms with Gasteiger partial charge in [-0.2, -0.15) is 0 Å². The zero-order chi connectivity index (χ0) is 13.7. The predicted molar refractivity (Wildman–Crippen MR) is 78.1 cm³/mol. The fraction of sp³-hybridized carbons (Fsp3) is 0.933. The van der Waals surface area contributed by atoms with Crippen LogP contribution in [0.5, 0.6) is 0 Å². The van der Waals surface area contributed by atoms with Crippen LogP contribution in [0.25, 0.3) is 0 Å². The molecular formula is C15H29N3O. The Morgan fingerprint density at radius 3 is 2.47 bits per heavy atom. The third-order valence-electron chi connectivity index (χ3n) is 5.00. The van der Waals surface area contributed by atoms with Gasteiger partial charge in [-0.05, 0) is 19.3 Å². The summed E-state index contributed by atoms with van der Waals surface area (Å²) in [6.45, 7) is 8.45. The Bertz CT molecular complexity index is 294. The van der Waals surface area contributed by atoms with Crippen molar-refractivity contribution in [1.82, 2.24) is 15.1 Å². The zero-order valence-corrected chi connectivity index (χ0v) is 12.6. The highest BCUT2D eigenvalue weighted by atomic mass is 16.2. The molecule has 0 atom stereocenters. The molecule has 0 aromatic rings. The van der Waals surface area contributed by atoms with Crippen molar-refractivity contribution in [2.24, 2.45) is 5.41 Å². The molecule has 0 aromatic heterocycles. The molecule has 0 bridgehead atoms. The number of nitrogens with zero attached hydrogens (tertiary/aromatic N) is 2. The van der Waals surface area contributed by atoms with E-state index in [0.29, 0.717) is 5.91 Å². The number of carbonyl (C=O) groups is 1. The summed E-state index contributed by atoms with van der Waals surface area (Å²) in [5.41, 5.74) is -0.0296. The number of hydrogen-bond donors (Lipinski definition) is 1. The molecule has 2 rings (SSSR count). The van der Waals surface area contributed by atoms with Gasteiger partial charge >= 0.3 is 0 Å². The largest absolute Gasteiger partial charge is 0.344 e. The molecule has 2 fully saturated rings. The van der Waals surface area contributed by atoms with Crippen molar-refractivity contribution in [3.8, 4) is 0 Å². The number of nitrogens with one attached hydrogen (secondary N) is 1. The molecule has 4 heteroatoms. The second-order valence-electron chi connectivity index (χ2n) is 6.16. The minimum atomic E-state index is -0.0296. The van der Waals surface area contributed by atoms with Crippen LogP contribution in [0.3, 0.4) is 0 Å². The molecule has 0 aromatic carbocycles. The minimum absolute atomic E-state index is 0.0296. The molecule has 1 aliphatic heterocycles. The van der Waals surface area contributed by atoms with Gasteiger partial charge in [0.05, 0.1) is 0 Å². The Morgan fingerprint density at radius 1 is 1.26 bits per heavy atom. The van der Waals surface area contributed by atoms with Crippen molar-refractivity contribution in [2.45, 2.75) is 39.0 Å². The van der Waals surface area contributed by atoms with Crippen LogP contribution >= 0.6 is 0 Å². The first-order valence-corrected chi connectivity index (χ1v) is 7.86. The quantitative estimate of drug-likeness (QED) is 0.816. The van der Waals surface area contributed by atoms with Gasteiger partial charge in [0.15, 0.2) is 0 Å². The van der Waals surface area contributed by atoms with Crippen molar-refractivity contribution in [3.63, 3.8) is 0 Å². The van der Waals surface area contributed by atoms with Gasteiger partial charge in [0.2, 0.25) is 5.91 Å². The van der Waals surface area contributed by atoms with Crippen molar-refractivity contribution in [3.05, 3.63) is 0 Å². The van der Waals surface area contributed by atoms with Gasteiger partial charge in [-0.1, -0.05) is 19.8 Å². The highest BCUT2D eigenvalue weighted by Gasteiger charge is 2.40. The van der Waals surface area contributed by atoms with Crippen molar-refractivity contribution in [1.29, 1.82) is 0 Å². The first kappa shape index (κ1) is 14.8. The van der Waals surface area contributed by atoms with Gasteiger partial charge in [0, 0.05) is 51.7 Å². The van der Waals surface area contributed by atoms with Gasteiger partial charge in [0.1, 0.15) is 0 Å². The number of piperazine rings is 1. The molecule has 1 amide bonds. The van der Waals surface area contributed by atoms with E-state index >= 15 is 0 Å². The van der Waals surface area contributed by atoms with E-state index in [0.717, 1.165) is 58.5 Å². The summed E-state index contributed by atoms with van der Waals surface area (Å²) in [7, 11) is 1.99. The second-order valence-corrected chi connectivity index (χ2v) is 6.16. The monoisotopic (exact) mass is 267 g/mol. The van der Waals surface area contributed by atoms with Crippen LogP contribution in [0.15, 0.2) is 0 Å². The lowest BCUT2D eigenvalue weighted by atomic mass is 9.82. The van der Waals surface area contributed by atoms with Gasteiger partial charge in [-0.15, -0.1) is 0 Å². The van der Waals surface area contributed by atoms with E-state index in [9.17, 15) is 4.79 Å². The average Bonchev–Trinajstić information content (AvgIpc) is 2.95. The lowest BCUT2D eigenvalue weighted by Gasteiger charge is -2.34. The Morgan fingerprint density at radius 2 is 1.89 bits per heavy atom. The number of likely N-dealkylation sites (N-methyl/N-ethyl adjacent to an activating group) is 1. The van der Waals surface area contributed by atoms with Crippen LogP contribution < -0.4 is 5.32 Å². The summed E-state index contributed by atoms with van der Waals surface area (Å²) in [5, 5.41) is 3.36. The molecule has 2 aliphatic rings. The molecule has 1 saturated heterocycles. The normalized spacial score (nSPS) is 23.5. The summed E-state index contributed by atoms with van der Waals surface area (Å²) < 4.78 is 0. The second kappa shape index (κ2) is 6.71. The zero-order valence-electron chi connectivity index (χ0n) is 12.6. The van der Waals surface area contributed by atoms with Crippen LogP contribution in [0.2, 0.25) is 0 Å². The van der Waals surface area contributed by atoms with Gasteiger partial charge in [-0.25, -0.2) is 0 Å². The summed E-state index contributed by atoms with van der Waals surface area (Å²) >= 11 is 0. The highest BCUT2D eigenvalue weighted by Crippen LogP contribution is 2.42. The maximum Gasteiger partial charge on any atom is 0.228 e. The third kappa shape index (κ3) is 3.48. The SMILES string of the molecule is CCC1(C(=O)N(C)CCN2CCNCC2)CCCC1. The molecular weight excluding hydrogens is 238 g/mol. The van der Waals surface area contributed by atoms with Crippen molar-refractivity contribution >= 4 is 5.91 Å². The number of carbonyl (C=O) groups excluding carboxylic acids is 1. The van der Waals surface area contributed by atoms with E-state index in [-0.39, 0.29) is 5.41 Å². The fourth-order valence-corrected chi connectivity index (χ4v) is 3.50. The van der Waals surface area contributed by atoms with Crippen molar-refractivity contribution < 1.29 is 4.79 Å². The summed E-state index contributed by atoms with van der Waals surface area (Å²) in [6.07, 6.45) is 5.65. The van der Waals surface area contributed by atoms with E-state index < -0.39 is 0 Å². The molecule has 19 heavy (non-hydrogen) atoms. The topological polar surface area (TPSA) is 35.6 Å². The average molecular weight is 267 g/mol. The Labute approximate surface area is 117 Å². The number of rotatable bonds is 5. The molecule has 0 unspecified atom stereocenters. The van der Waals surface area contributed by atoms with Crippen LogP contribution in [0.1, 0.15) is 39.0 Å². The van der Waals surface area contributed by atoms with Crippen LogP contribution in [0.4, 0.5) is 0 Å². The van der Waals surface area contributed by atoms with Gasteiger partial charge in [0.25, 0.3) is 0 Å². The van der Waals surface area contributed by atoms with Gasteiger partial charge in [-0.3, -0.25) is 9.69 Å². The van der Waals surface area contributed by atoms with Crippen LogP contribution in [0, 0.1) is 5.41 Å². The molecule has 4 nitrogen and oxygen atoms in total. The van der Waals surface area contributed by atoms with E-state index in [1.54, 1.807) is 0 Å². The Kier molecular flexibility index (Phi) is 5.22. The molecule has 110 valence electrons. The number of amides is 1. The van der Waals surface area contributed by atoms with Crippen LogP contribution in [-0.4, -0.2) is 62.0 Å². The molecule has 1 aliphatic carbocycles. The molecule has 1 N–H and O–H groups in total. The molecule has 1 saturated carbocycles. The van der Waals surface area contributed by atoms with E-state index in [4.69, 9.17) is 0 Å². The predicted octanol–water partition coefficient (Wildman–Crippen LogP) is 1.32. The smallest absolute Gasteiger partial charge is 0.228 e.